The van der Waals surface area contributed by atoms with Crippen LogP contribution in [-0.2, 0) is 0 Å². The molecule has 5 heteroatoms. The summed E-state index contributed by atoms with van der Waals surface area (Å²) in [6, 6.07) is 4.08. The fourth-order valence-corrected chi connectivity index (χ4v) is 2.39. The zero-order chi connectivity index (χ0) is 13.1. The summed E-state index contributed by atoms with van der Waals surface area (Å²) in [6.45, 7) is 6.01. The van der Waals surface area contributed by atoms with E-state index < -0.39 is 0 Å². The number of thiophene rings is 1. The number of rotatable bonds is 4. The predicted molar refractivity (Wildman–Crippen MR) is 71.8 cm³/mol. The van der Waals surface area contributed by atoms with Crippen molar-refractivity contribution in [2.45, 2.75) is 33.2 Å². The molecule has 0 saturated carbocycles. The molecule has 1 atom stereocenters. The summed E-state index contributed by atoms with van der Waals surface area (Å²) < 4.78 is 5.34. The van der Waals surface area contributed by atoms with Gasteiger partial charge in [-0.1, -0.05) is 6.92 Å². The summed E-state index contributed by atoms with van der Waals surface area (Å²) in [6.07, 6.45) is 2.20. The molecule has 0 aliphatic rings. The number of aryl methyl sites for hydroxylation is 1. The SMILES string of the molecule is CCC(C)NC(=O)c1ncoc1-c1ccc(C)s1. The fourth-order valence-electron chi connectivity index (χ4n) is 1.53. The van der Waals surface area contributed by atoms with Crippen LogP contribution in [-0.4, -0.2) is 16.9 Å². The lowest BCUT2D eigenvalue weighted by Crippen LogP contribution is -2.32. The van der Waals surface area contributed by atoms with Gasteiger partial charge in [0, 0.05) is 10.9 Å². The maximum absolute atomic E-state index is 12.0. The number of nitrogens with zero attached hydrogens (tertiary/aromatic N) is 1. The maximum Gasteiger partial charge on any atom is 0.274 e. The van der Waals surface area contributed by atoms with Gasteiger partial charge in [-0.2, -0.15) is 0 Å². The van der Waals surface area contributed by atoms with Crippen LogP contribution in [0, 0.1) is 6.92 Å². The van der Waals surface area contributed by atoms with E-state index in [-0.39, 0.29) is 11.9 Å². The summed E-state index contributed by atoms with van der Waals surface area (Å²) in [4.78, 5) is 18.2. The Morgan fingerprint density at radius 2 is 2.33 bits per heavy atom. The molecule has 4 nitrogen and oxygen atoms in total. The first-order valence-electron chi connectivity index (χ1n) is 5.93. The van der Waals surface area contributed by atoms with Crippen LogP contribution >= 0.6 is 11.3 Å². The molecule has 2 aromatic heterocycles. The average Bonchev–Trinajstić information content (AvgIpc) is 2.96. The van der Waals surface area contributed by atoms with E-state index in [9.17, 15) is 4.79 Å². The minimum absolute atomic E-state index is 0.132. The summed E-state index contributed by atoms with van der Waals surface area (Å²) >= 11 is 1.59. The Kier molecular flexibility index (Phi) is 3.81. The number of carbonyl (C=O) groups excluding carboxylic acids is 1. The Balaban J connectivity index is 2.25. The minimum Gasteiger partial charge on any atom is -0.442 e. The first kappa shape index (κ1) is 12.8. The van der Waals surface area contributed by atoms with Crippen LogP contribution in [0.4, 0.5) is 0 Å². The number of aromatic nitrogens is 1. The smallest absolute Gasteiger partial charge is 0.274 e. The Hall–Kier alpha value is -1.62. The van der Waals surface area contributed by atoms with Crippen molar-refractivity contribution < 1.29 is 9.21 Å². The van der Waals surface area contributed by atoms with E-state index >= 15 is 0 Å². The lowest BCUT2D eigenvalue weighted by molar-refractivity contribution is 0.0935. The van der Waals surface area contributed by atoms with E-state index in [0.29, 0.717) is 11.5 Å². The van der Waals surface area contributed by atoms with Crippen LogP contribution < -0.4 is 5.32 Å². The fraction of sp³-hybridized carbons (Fsp3) is 0.385. The van der Waals surface area contributed by atoms with Gasteiger partial charge in [0.05, 0.1) is 4.88 Å². The van der Waals surface area contributed by atoms with Crippen molar-refractivity contribution in [3.05, 3.63) is 29.1 Å². The molecule has 0 aromatic carbocycles. The molecule has 2 heterocycles. The third kappa shape index (κ3) is 2.61. The van der Waals surface area contributed by atoms with Crippen molar-refractivity contribution in [1.82, 2.24) is 10.3 Å². The summed E-state index contributed by atoms with van der Waals surface area (Å²) in [5, 5.41) is 2.89. The largest absolute Gasteiger partial charge is 0.442 e. The standard InChI is InChI=1S/C13H16N2O2S/c1-4-8(2)15-13(16)11-12(17-7-14-11)10-6-5-9(3)18-10/h5-8H,4H2,1-3H3,(H,15,16). The first-order valence-corrected chi connectivity index (χ1v) is 6.74. The molecule has 1 amide bonds. The molecule has 2 aromatic rings. The molecule has 96 valence electrons. The van der Waals surface area contributed by atoms with Gasteiger partial charge in [-0.3, -0.25) is 4.79 Å². The highest BCUT2D eigenvalue weighted by Crippen LogP contribution is 2.30. The number of hydrogen-bond acceptors (Lipinski definition) is 4. The van der Waals surface area contributed by atoms with E-state index in [1.54, 1.807) is 11.3 Å². The van der Waals surface area contributed by atoms with Crippen molar-refractivity contribution in [2.24, 2.45) is 0 Å². The van der Waals surface area contributed by atoms with Gasteiger partial charge in [0.1, 0.15) is 0 Å². The van der Waals surface area contributed by atoms with Gasteiger partial charge in [-0.15, -0.1) is 11.3 Å². The third-order valence-corrected chi connectivity index (χ3v) is 3.74. The van der Waals surface area contributed by atoms with Gasteiger partial charge >= 0.3 is 0 Å². The molecule has 0 aliphatic carbocycles. The van der Waals surface area contributed by atoms with E-state index in [0.717, 1.165) is 11.3 Å². The van der Waals surface area contributed by atoms with Crippen molar-refractivity contribution in [2.75, 3.05) is 0 Å². The number of hydrogen-bond donors (Lipinski definition) is 1. The van der Waals surface area contributed by atoms with Crippen LogP contribution in [0.3, 0.4) is 0 Å². The predicted octanol–water partition coefficient (Wildman–Crippen LogP) is 3.24. The zero-order valence-electron chi connectivity index (χ0n) is 10.7. The normalized spacial score (nSPS) is 12.4. The second-order valence-electron chi connectivity index (χ2n) is 4.22. The van der Waals surface area contributed by atoms with Gasteiger partial charge in [-0.25, -0.2) is 4.98 Å². The van der Waals surface area contributed by atoms with E-state index in [2.05, 4.69) is 10.3 Å². The van der Waals surface area contributed by atoms with Gasteiger partial charge in [0.15, 0.2) is 17.8 Å². The third-order valence-electron chi connectivity index (χ3n) is 2.74. The molecule has 0 aliphatic heterocycles. The van der Waals surface area contributed by atoms with Crippen LogP contribution in [0.5, 0.6) is 0 Å². The quantitative estimate of drug-likeness (QED) is 0.922. The van der Waals surface area contributed by atoms with Gasteiger partial charge < -0.3 is 9.73 Å². The van der Waals surface area contributed by atoms with Gasteiger partial charge in [0.25, 0.3) is 5.91 Å². The molecule has 0 bridgehead atoms. The maximum atomic E-state index is 12.0. The molecular weight excluding hydrogens is 248 g/mol. The Morgan fingerprint density at radius 1 is 1.56 bits per heavy atom. The molecular formula is C13H16N2O2S. The number of oxazole rings is 1. The second-order valence-corrected chi connectivity index (χ2v) is 5.51. The number of amides is 1. The lowest BCUT2D eigenvalue weighted by atomic mass is 10.2. The zero-order valence-corrected chi connectivity index (χ0v) is 11.5. The molecule has 0 radical (unpaired) electrons. The monoisotopic (exact) mass is 264 g/mol. The van der Waals surface area contributed by atoms with Crippen LogP contribution in [0.15, 0.2) is 22.9 Å². The van der Waals surface area contributed by atoms with Crippen LogP contribution in [0.2, 0.25) is 0 Å². The second kappa shape index (κ2) is 5.35. The van der Waals surface area contributed by atoms with Gasteiger partial charge in [0.2, 0.25) is 0 Å². The molecule has 1 unspecified atom stereocenters. The molecule has 0 spiro atoms. The van der Waals surface area contributed by atoms with Crippen molar-refractivity contribution in [1.29, 1.82) is 0 Å². The lowest BCUT2D eigenvalue weighted by Gasteiger charge is -2.09. The highest BCUT2D eigenvalue weighted by molar-refractivity contribution is 7.15. The summed E-state index contributed by atoms with van der Waals surface area (Å²) in [7, 11) is 0. The highest BCUT2D eigenvalue weighted by Gasteiger charge is 2.20. The summed E-state index contributed by atoms with van der Waals surface area (Å²) in [5.41, 5.74) is 0.358. The van der Waals surface area contributed by atoms with E-state index in [1.807, 2.05) is 32.9 Å². The molecule has 1 N–H and O–H groups in total. The molecule has 0 saturated heterocycles. The average molecular weight is 264 g/mol. The van der Waals surface area contributed by atoms with Crippen molar-refractivity contribution in [3.63, 3.8) is 0 Å². The Bertz CT molecular complexity index is 545. The molecule has 0 fully saturated rings. The number of nitrogens with one attached hydrogen (secondary N) is 1. The van der Waals surface area contributed by atoms with E-state index in [4.69, 9.17) is 4.42 Å². The van der Waals surface area contributed by atoms with Crippen LogP contribution in [0.1, 0.15) is 35.6 Å². The Morgan fingerprint density at radius 3 is 2.94 bits per heavy atom. The molecule has 18 heavy (non-hydrogen) atoms. The minimum atomic E-state index is -0.181. The first-order chi connectivity index (χ1) is 8.61. The number of carbonyl (C=O) groups is 1. The van der Waals surface area contributed by atoms with E-state index in [1.165, 1.54) is 11.3 Å². The molecule has 2 rings (SSSR count). The topological polar surface area (TPSA) is 55.1 Å². The van der Waals surface area contributed by atoms with Crippen molar-refractivity contribution in [3.8, 4) is 10.6 Å². The summed E-state index contributed by atoms with van der Waals surface area (Å²) in [5.74, 6) is 0.369. The van der Waals surface area contributed by atoms with Crippen LogP contribution in [0.25, 0.3) is 10.6 Å². The Labute approximate surface area is 110 Å². The van der Waals surface area contributed by atoms with Gasteiger partial charge in [-0.05, 0) is 32.4 Å². The highest BCUT2D eigenvalue weighted by atomic mass is 32.1. The van der Waals surface area contributed by atoms with Crippen molar-refractivity contribution >= 4 is 17.2 Å².